The van der Waals surface area contributed by atoms with Crippen LogP contribution >= 0.6 is 0 Å². The zero-order valence-corrected chi connectivity index (χ0v) is 12.1. The predicted molar refractivity (Wildman–Crippen MR) is 72.1 cm³/mol. The lowest BCUT2D eigenvalue weighted by Gasteiger charge is -2.26. The van der Waals surface area contributed by atoms with Gasteiger partial charge in [0.1, 0.15) is 9.84 Å². The molecule has 1 fully saturated rings. The first-order valence-electron chi connectivity index (χ1n) is 6.50. The molecule has 0 aromatic heterocycles. The van der Waals surface area contributed by atoms with E-state index >= 15 is 0 Å². The van der Waals surface area contributed by atoms with Gasteiger partial charge in [0.2, 0.25) is 0 Å². The topological polar surface area (TPSA) is 49.4 Å². The Balaban J connectivity index is 2.19. The molecule has 0 heterocycles. The highest BCUT2D eigenvalue weighted by Crippen LogP contribution is 2.17. The van der Waals surface area contributed by atoms with Gasteiger partial charge in [0.25, 0.3) is 0 Å². The Bertz CT molecular complexity index is 310. The molecule has 0 aliphatic heterocycles. The summed E-state index contributed by atoms with van der Waals surface area (Å²) in [6.07, 6.45) is 6.56. The molecule has 1 aliphatic carbocycles. The fraction of sp³-hybridized carbons (Fsp3) is 1.00. The van der Waals surface area contributed by atoms with Crippen molar-refractivity contribution in [1.29, 1.82) is 0 Å². The van der Waals surface area contributed by atoms with E-state index in [4.69, 9.17) is 0 Å². The fourth-order valence-corrected chi connectivity index (χ4v) is 2.77. The number of likely N-dealkylation sites (N-methyl/N-ethyl adjacent to an activating group) is 1. The SMILES string of the molecule is CC(CNC1CCCC1)N(C)CCS(C)(=O)=O. The Hall–Kier alpha value is -0.130. The van der Waals surface area contributed by atoms with Gasteiger partial charge in [-0.15, -0.1) is 0 Å². The van der Waals surface area contributed by atoms with Crippen LogP contribution in [0.2, 0.25) is 0 Å². The van der Waals surface area contributed by atoms with Crippen molar-refractivity contribution in [3.8, 4) is 0 Å². The van der Waals surface area contributed by atoms with Gasteiger partial charge in [-0.2, -0.15) is 0 Å². The minimum absolute atomic E-state index is 0.247. The van der Waals surface area contributed by atoms with E-state index in [1.54, 1.807) is 0 Å². The monoisotopic (exact) mass is 262 g/mol. The highest BCUT2D eigenvalue weighted by molar-refractivity contribution is 7.90. The zero-order chi connectivity index (χ0) is 12.9. The zero-order valence-electron chi connectivity index (χ0n) is 11.3. The maximum absolute atomic E-state index is 11.1. The summed E-state index contributed by atoms with van der Waals surface area (Å²) >= 11 is 0. The van der Waals surface area contributed by atoms with Gasteiger partial charge < -0.3 is 10.2 Å². The summed E-state index contributed by atoms with van der Waals surface area (Å²) in [5.74, 6) is 0.247. The van der Waals surface area contributed by atoms with Crippen LogP contribution in [0.1, 0.15) is 32.6 Å². The van der Waals surface area contributed by atoms with Gasteiger partial charge in [0.05, 0.1) is 5.75 Å². The maximum atomic E-state index is 11.1. The van der Waals surface area contributed by atoms with E-state index in [0.717, 1.165) is 6.54 Å². The highest BCUT2D eigenvalue weighted by Gasteiger charge is 2.17. The lowest BCUT2D eigenvalue weighted by molar-refractivity contribution is 0.257. The number of nitrogens with zero attached hydrogens (tertiary/aromatic N) is 1. The molecule has 0 amide bonds. The number of sulfone groups is 1. The van der Waals surface area contributed by atoms with Gasteiger partial charge in [-0.1, -0.05) is 12.8 Å². The summed E-state index contributed by atoms with van der Waals surface area (Å²) in [5.41, 5.74) is 0. The van der Waals surface area contributed by atoms with Crippen molar-refractivity contribution in [3.05, 3.63) is 0 Å². The number of hydrogen-bond acceptors (Lipinski definition) is 4. The molecule has 0 radical (unpaired) electrons. The lowest BCUT2D eigenvalue weighted by atomic mass is 10.2. The summed E-state index contributed by atoms with van der Waals surface area (Å²) in [5, 5.41) is 3.57. The minimum Gasteiger partial charge on any atom is -0.312 e. The van der Waals surface area contributed by atoms with Crippen LogP contribution in [-0.2, 0) is 9.84 Å². The van der Waals surface area contributed by atoms with Gasteiger partial charge in [-0.3, -0.25) is 0 Å². The molecule has 1 unspecified atom stereocenters. The van der Waals surface area contributed by atoms with Crippen LogP contribution in [0.4, 0.5) is 0 Å². The molecule has 0 aromatic rings. The molecular weight excluding hydrogens is 236 g/mol. The quantitative estimate of drug-likeness (QED) is 0.740. The first-order valence-corrected chi connectivity index (χ1v) is 8.56. The molecule has 0 saturated heterocycles. The Morgan fingerprint density at radius 1 is 1.35 bits per heavy atom. The molecule has 0 bridgehead atoms. The van der Waals surface area contributed by atoms with Crippen molar-refractivity contribution in [2.24, 2.45) is 0 Å². The molecule has 1 atom stereocenters. The summed E-state index contributed by atoms with van der Waals surface area (Å²) < 4.78 is 22.2. The van der Waals surface area contributed by atoms with Crippen LogP contribution in [0.3, 0.4) is 0 Å². The molecule has 1 saturated carbocycles. The van der Waals surface area contributed by atoms with Crippen LogP contribution in [-0.4, -0.2) is 57.5 Å². The normalized spacial score (nSPS) is 20.0. The van der Waals surface area contributed by atoms with Crippen molar-refractivity contribution in [2.45, 2.75) is 44.7 Å². The van der Waals surface area contributed by atoms with E-state index in [1.165, 1.54) is 31.9 Å². The van der Waals surface area contributed by atoms with Crippen LogP contribution in [0.25, 0.3) is 0 Å². The van der Waals surface area contributed by atoms with Crippen LogP contribution in [0.15, 0.2) is 0 Å². The standard InChI is InChI=1S/C12H26N2O2S/c1-11(10-13-12-6-4-5-7-12)14(2)8-9-17(3,15)16/h11-13H,4-10H2,1-3H3. The van der Waals surface area contributed by atoms with E-state index in [2.05, 4.69) is 17.1 Å². The largest absolute Gasteiger partial charge is 0.312 e. The third kappa shape index (κ3) is 6.38. The summed E-state index contributed by atoms with van der Waals surface area (Å²) in [6.45, 7) is 3.71. The first-order chi connectivity index (χ1) is 7.88. The van der Waals surface area contributed by atoms with Gasteiger partial charge in [0, 0.05) is 31.4 Å². The molecule has 1 N–H and O–H groups in total. The van der Waals surface area contributed by atoms with Crippen LogP contribution < -0.4 is 5.32 Å². The second-order valence-electron chi connectivity index (χ2n) is 5.35. The molecular formula is C12H26N2O2S. The maximum Gasteiger partial charge on any atom is 0.148 e. The van der Waals surface area contributed by atoms with E-state index in [1.807, 2.05) is 7.05 Å². The molecule has 1 rings (SSSR count). The third-order valence-corrected chi connectivity index (χ3v) is 4.55. The third-order valence-electron chi connectivity index (χ3n) is 3.62. The first kappa shape index (κ1) is 14.9. The van der Waals surface area contributed by atoms with E-state index in [0.29, 0.717) is 18.6 Å². The van der Waals surface area contributed by atoms with Gasteiger partial charge in [0.15, 0.2) is 0 Å². The van der Waals surface area contributed by atoms with E-state index in [9.17, 15) is 8.42 Å². The smallest absolute Gasteiger partial charge is 0.148 e. The van der Waals surface area contributed by atoms with Crippen molar-refractivity contribution in [1.82, 2.24) is 10.2 Å². The second kappa shape index (κ2) is 6.71. The van der Waals surface area contributed by atoms with Crippen molar-refractivity contribution >= 4 is 9.84 Å². The average molecular weight is 262 g/mol. The summed E-state index contributed by atoms with van der Waals surface area (Å²) in [6, 6.07) is 1.07. The lowest BCUT2D eigenvalue weighted by Crippen LogP contribution is -2.42. The predicted octanol–water partition coefficient (Wildman–Crippen LogP) is 0.884. The van der Waals surface area contributed by atoms with Gasteiger partial charge in [-0.05, 0) is 26.8 Å². The number of hydrogen-bond donors (Lipinski definition) is 1. The van der Waals surface area contributed by atoms with Crippen molar-refractivity contribution in [2.75, 3.05) is 32.1 Å². The molecule has 0 aromatic carbocycles. The summed E-state index contributed by atoms with van der Waals surface area (Å²) in [4.78, 5) is 2.11. The molecule has 1 aliphatic rings. The number of nitrogens with one attached hydrogen (secondary N) is 1. The number of rotatable bonds is 7. The Morgan fingerprint density at radius 3 is 2.47 bits per heavy atom. The van der Waals surface area contributed by atoms with E-state index < -0.39 is 9.84 Å². The molecule has 102 valence electrons. The molecule has 0 spiro atoms. The van der Waals surface area contributed by atoms with Crippen LogP contribution in [0, 0.1) is 0 Å². The molecule has 4 nitrogen and oxygen atoms in total. The Morgan fingerprint density at radius 2 is 1.94 bits per heavy atom. The second-order valence-corrected chi connectivity index (χ2v) is 7.61. The minimum atomic E-state index is -2.85. The fourth-order valence-electron chi connectivity index (χ4n) is 2.15. The highest BCUT2D eigenvalue weighted by atomic mass is 32.2. The van der Waals surface area contributed by atoms with Crippen molar-refractivity contribution in [3.63, 3.8) is 0 Å². The summed E-state index contributed by atoms with van der Waals surface area (Å²) in [7, 11) is -0.853. The molecule has 17 heavy (non-hydrogen) atoms. The van der Waals surface area contributed by atoms with Crippen molar-refractivity contribution < 1.29 is 8.42 Å². The van der Waals surface area contributed by atoms with E-state index in [-0.39, 0.29) is 5.75 Å². The van der Waals surface area contributed by atoms with Crippen LogP contribution in [0.5, 0.6) is 0 Å². The Labute approximate surface area is 106 Å². The van der Waals surface area contributed by atoms with Gasteiger partial charge >= 0.3 is 0 Å². The molecule has 5 heteroatoms. The Kier molecular flexibility index (Phi) is 5.89. The van der Waals surface area contributed by atoms with Gasteiger partial charge in [-0.25, -0.2) is 8.42 Å². The average Bonchev–Trinajstić information content (AvgIpc) is 2.74.